The van der Waals surface area contributed by atoms with Gasteiger partial charge >= 0.3 is 0 Å². The SMILES string of the molecule is CC(=S)N(O)CCCC(C#N)(c1ccccc1)c1ccccc1. The normalized spacial score (nSPS) is 10.8. The van der Waals surface area contributed by atoms with Crippen molar-refractivity contribution in [3.05, 3.63) is 71.8 Å². The van der Waals surface area contributed by atoms with Gasteiger partial charge in [0.1, 0.15) is 10.4 Å². The molecule has 2 rings (SSSR count). The van der Waals surface area contributed by atoms with Crippen LogP contribution in [-0.4, -0.2) is 21.8 Å². The van der Waals surface area contributed by atoms with Gasteiger partial charge in [-0.3, -0.25) is 10.3 Å². The van der Waals surface area contributed by atoms with Crippen LogP contribution in [0.3, 0.4) is 0 Å². The van der Waals surface area contributed by atoms with E-state index in [4.69, 9.17) is 12.2 Å². The maximum Gasteiger partial charge on any atom is 0.107 e. The van der Waals surface area contributed by atoms with Crippen LogP contribution in [0.4, 0.5) is 0 Å². The largest absolute Gasteiger partial charge is 0.288 e. The van der Waals surface area contributed by atoms with Gasteiger partial charge in [0.2, 0.25) is 0 Å². The smallest absolute Gasteiger partial charge is 0.107 e. The van der Waals surface area contributed by atoms with Crippen molar-refractivity contribution in [2.24, 2.45) is 0 Å². The van der Waals surface area contributed by atoms with Gasteiger partial charge in [-0.25, -0.2) is 0 Å². The molecule has 3 nitrogen and oxygen atoms in total. The molecule has 23 heavy (non-hydrogen) atoms. The first-order valence-corrected chi connectivity index (χ1v) is 8.00. The minimum Gasteiger partial charge on any atom is -0.288 e. The second kappa shape index (κ2) is 7.87. The van der Waals surface area contributed by atoms with Gasteiger partial charge < -0.3 is 0 Å². The van der Waals surface area contributed by atoms with Crippen molar-refractivity contribution in [1.82, 2.24) is 5.06 Å². The van der Waals surface area contributed by atoms with Crippen molar-refractivity contribution in [3.8, 4) is 6.07 Å². The summed E-state index contributed by atoms with van der Waals surface area (Å²) in [7, 11) is 0. The van der Waals surface area contributed by atoms with E-state index in [9.17, 15) is 10.5 Å². The van der Waals surface area contributed by atoms with E-state index in [1.807, 2.05) is 60.7 Å². The zero-order valence-electron chi connectivity index (χ0n) is 13.1. The molecule has 0 saturated heterocycles. The van der Waals surface area contributed by atoms with E-state index in [0.717, 1.165) is 16.2 Å². The van der Waals surface area contributed by atoms with Crippen LogP contribution in [0, 0.1) is 11.3 Å². The highest BCUT2D eigenvalue weighted by Crippen LogP contribution is 2.36. The lowest BCUT2D eigenvalue weighted by atomic mass is 9.72. The van der Waals surface area contributed by atoms with Crippen molar-refractivity contribution in [1.29, 1.82) is 5.26 Å². The Balaban J connectivity index is 2.32. The molecule has 2 aromatic carbocycles. The molecule has 0 amide bonds. The molecule has 0 aliphatic carbocycles. The van der Waals surface area contributed by atoms with Crippen molar-refractivity contribution in [2.45, 2.75) is 25.2 Å². The van der Waals surface area contributed by atoms with Gasteiger partial charge in [-0.05, 0) is 30.9 Å². The predicted octanol–water partition coefficient (Wildman–Crippen LogP) is 4.31. The quantitative estimate of drug-likeness (QED) is 0.635. The lowest BCUT2D eigenvalue weighted by molar-refractivity contribution is -0.0139. The minimum atomic E-state index is -0.723. The van der Waals surface area contributed by atoms with E-state index >= 15 is 0 Å². The van der Waals surface area contributed by atoms with Crippen LogP contribution in [0.15, 0.2) is 60.7 Å². The third-order valence-corrected chi connectivity index (χ3v) is 4.22. The fraction of sp³-hybridized carbons (Fsp3) is 0.263. The number of hydroxylamine groups is 2. The molecule has 0 atom stereocenters. The zero-order chi connectivity index (χ0) is 16.7. The van der Waals surface area contributed by atoms with Gasteiger partial charge in [-0.1, -0.05) is 72.9 Å². The van der Waals surface area contributed by atoms with Crippen LogP contribution in [0.25, 0.3) is 0 Å². The van der Waals surface area contributed by atoms with Crippen LogP contribution < -0.4 is 0 Å². The summed E-state index contributed by atoms with van der Waals surface area (Å²) in [6.45, 7) is 2.10. The molecule has 0 spiro atoms. The first-order valence-electron chi connectivity index (χ1n) is 7.59. The molecular weight excluding hydrogens is 304 g/mol. The Labute approximate surface area is 142 Å². The lowest BCUT2D eigenvalue weighted by Gasteiger charge is -2.28. The monoisotopic (exact) mass is 324 g/mol. The van der Waals surface area contributed by atoms with Crippen molar-refractivity contribution >= 4 is 17.2 Å². The fourth-order valence-electron chi connectivity index (χ4n) is 2.74. The highest BCUT2D eigenvalue weighted by Gasteiger charge is 2.33. The van der Waals surface area contributed by atoms with E-state index in [1.54, 1.807) is 6.92 Å². The Morgan fingerprint density at radius 3 is 1.96 bits per heavy atom. The van der Waals surface area contributed by atoms with Crippen molar-refractivity contribution < 1.29 is 5.21 Å². The number of hydrogen-bond donors (Lipinski definition) is 1. The van der Waals surface area contributed by atoms with E-state index in [0.29, 0.717) is 24.4 Å². The Hall–Kier alpha value is -2.22. The highest BCUT2D eigenvalue weighted by atomic mass is 32.1. The molecule has 0 heterocycles. The number of nitrogens with zero attached hydrogens (tertiary/aromatic N) is 2. The van der Waals surface area contributed by atoms with Crippen LogP contribution >= 0.6 is 12.2 Å². The molecule has 0 aliphatic rings. The fourth-order valence-corrected chi connectivity index (χ4v) is 2.83. The average molecular weight is 324 g/mol. The molecule has 4 heteroatoms. The molecule has 0 unspecified atom stereocenters. The summed E-state index contributed by atoms with van der Waals surface area (Å²) in [6.07, 6.45) is 1.26. The second-order valence-corrected chi connectivity index (χ2v) is 6.09. The molecule has 0 saturated carbocycles. The van der Waals surface area contributed by atoms with Gasteiger partial charge in [0.25, 0.3) is 0 Å². The van der Waals surface area contributed by atoms with Crippen LogP contribution in [0.2, 0.25) is 0 Å². The molecule has 0 fully saturated rings. The molecule has 118 valence electrons. The maximum absolute atomic E-state index is 10.0. The maximum atomic E-state index is 10.0. The summed E-state index contributed by atoms with van der Waals surface area (Å²) in [5, 5.41) is 20.8. The zero-order valence-corrected chi connectivity index (χ0v) is 14.0. The molecule has 0 aromatic heterocycles. The Bertz CT molecular complexity index is 640. The molecular formula is C19H20N2OS. The molecule has 0 radical (unpaired) electrons. The van der Waals surface area contributed by atoms with E-state index in [2.05, 4.69) is 6.07 Å². The minimum absolute atomic E-state index is 0.415. The van der Waals surface area contributed by atoms with Crippen molar-refractivity contribution in [2.75, 3.05) is 6.54 Å². The van der Waals surface area contributed by atoms with E-state index in [1.165, 1.54) is 0 Å². The summed E-state index contributed by atoms with van der Waals surface area (Å²) < 4.78 is 0. The van der Waals surface area contributed by atoms with E-state index in [-0.39, 0.29) is 0 Å². The van der Waals surface area contributed by atoms with Gasteiger partial charge in [-0.15, -0.1) is 0 Å². The predicted molar refractivity (Wildman–Crippen MR) is 95.3 cm³/mol. The molecule has 0 aliphatic heterocycles. The third kappa shape index (κ3) is 3.95. The Kier molecular flexibility index (Phi) is 5.86. The summed E-state index contributed by atoms with van der Waals surface area (Å²) >= 11 is 4.95. The van der Waals surface area contributed by atoms with Gasteiger partial charge in [-0.2, -0.15) is 5.26 Å². The van der Waals surface area contributed by atoms with Gasteiger partial charge in [0, 0.05) is 6.54 Å². The summed E-state index contributed by atoms with van der Waals surface area (Å²) in [4.78, 5) is 0.437. The standard InChI is InChI=1S/C19H20N2OS/c1-16(23)21(22)14-8-13-19(15-20,17-9-4-2-5-10-17)18-11-6-3-7-12-18/h2-7,9-12,22H,8,13-14H2,1H3. The number of nitriles is 1. The van der Waals surface area contributed by atoms with E-state index < -0.39 is 5.41 Å². The number of thiocarbonyl (C=S) groups is 1. The summed E-state index contributed by atoms with van der Waals surface area (Å²) in [5.41, 5.74) is 1.22. The topological polar surface area (TPSA) is 47.3 Å². The van der Waals surface area contributed by atoms with Crippen molar-refractivity contribution in [3.63, 3.8) is 0 Å². The van der Waals surface area contributed by atoms with Crippen LogP contribution in [0.5, 0.6) is 0 Å². The third-order valence-electron chi connectivity index (χ3n) is 4.01. The van der Waals surface area contributed by atoms with Gasteiger partial charge in [0.05, 0.1) is 6.07 Å². The molecule has 1 N–H and O–H groups in total. The number of benzene rings is 2. The first kappa shape index (κ1) is 17.1. The molecule has 0 bridgehead atoms. The lowest BCUT2D eigenvalue weighted by Crippen LogP contribution is -2.29. The van der Waals surface area contributed by atoms with Gasteiger partial charge in [0.15, 0.2) is 0 Å². The Morgan fingerprint density at radius 2 is 1.57 bits per heavy atom. The number of rotatable bonds is 6. The second-order valence-electron chi connectivity index (χ2n) is 5.49. The summed E-state index contributed by atoms with van der Waals surface area (Å²) in [5.74, 6) is 0. The summed E-state index contributed by atoms with van der Waals surface area (Å²) in [6, 6.07) is 22.1. The Morgan fingerprint density at radius 1 is 1.09 bits per heavy atom. The highest BCUT2D eigenvalue weighted by molar-refractivity contribution is 7.80. The van der Waals surface area contributed by atoms with Crippen LogP contribution in [0.1, 0.15) is 30.9 Å². The molecule has 2 aromatic rings. The first-order chi connectivity index (χ1) is 11.1. The number of hydrogen-bond acceptors (Lipinski definition) is 3. The average Bonchev–Trinajstić information content (AvgIpc) is 2.60. The van der Waals surface area contributed by atoms with Crippen LogP contribution in [-0.2, 0) is 5.41 Å².